The standard InChI is InChI=1S/C23H20Cl2F5N5O3/c1-2-33(21(37)18-16(26)4-3-5-17(18)27)11-22(38,23(28,29)30)12-34(25)20(36)15-10-32-35(19(15)31)14-8-6-13(24)7-9-14/h3-10,38H,2,11-12,31H2,1H3. The van der Waals surface area contributed by atoms with E-state index in [1.807, 2.05) is 0 Å². The number of nitrogens with zero attached hydrogens (tertiary/aromatic N) is 4. The molecular weight excluding hydrogens is 560 g/mol. The first-order valence-electron chi connectivity index (χ1n) is 10.8. The summed E-state index contributed by atoms with van der Waals surface area (Å²) in [6.45, 7) is -2.29. The largest absolute Gasteiger partial charge is 0.420 e. The molecule has 1 heterocycles. The van der Waals surface area contributed by atoms with Gasteiger partial charge in [-0.3, -0.25) is 9.59 Å². The second kappa shape index (κ2) is 11.1. The van der Waals surface area contributed by atoms with E-state index in [0.717, 1.165) is 29.1 Å². The van der Waals surface area contributed by atoms with Gasteiger partial charge in [0.25, 0.3) is 11.8 Å². The highest BCUT2D eigenvalue weighted by molar-refractivity contribution is 6.30. The van der Waals surface area contributed by atoms with Crippen molar-refractivity contribution in [3.63, 3.8) is 0 Å². The topological polar surface area (TPSA) is 105 Å². The lowest BCUT2D eigenvalue weighted by molar-refractivity contribution is -0.263. The van der Waals surface area contributed by atoms with Gasteiger partial charge >= 0.3 is 6.18 Å². The molecule has 3 aromatic rings. The van der Waals surface area contributed by atoms with Gasteiger partial charge in [0.2, 0.25) is 0 Å². The minimum atomic E-state index is -5.43. The Morgan fingerprint density at radius 2 is 1.63 bits per heavy atom. The highest BCUT2D eigenvalue weighted by Crippen LogP contribution is 2.34. The Bertz CT molecular complexity index is 1320. The number of anilines is 1. The molecule has 0 bridgehead atoms. The van der Waals surface area contributed by atoms with E-state index in [-0.39, 0.29) is 15.8 Å². The van der Waals surface area contributed by atoms with E-state index in [2.05, 4.69) is 5.10 Å². The quantitative estimate of drug-likeness (QED) is 0.303. The van der Waals surface area contributed by atoms with Crippen LogP contribution in [-0.2, 0) is 0 Å². The van der Waals surface area contributed by atoms with Crippen molar-refractivity contribution in [3.8, 4) is 5.69 Å². The number of aromatic nitrogens is 2. The molecule has 0 saturated heterocycles. The van der Waals surface area contributed by atoms with E-state index in [0.29, 0.717) is 15.6 Å². The molecule has 0 aliphatic rings. The maximum absolute atomic E-state index is 14.1. The number of hydrogen-bond donors (Lipinski definition) is 2. The lowest BCUT2D eigenvalue weighted by atomic mass is 10.0. The fourth-order valence-electron chi connectivity index (χ4n) is 3.48. The van der Waals surface area contributed by atoms with Gasteiger partial charge in [0.05, 0.1) is 25.0 Å². The monoisotopic (exact) mass is 579 g/mol. The average Bonchev–Trinajstić information content (AvgIpc) is 3.22. The molecule has 15 heteroatoms. The number of aliphatic hydroxyl groups is 1. The van der Waals surface area contributed by atoms with Gasteiger partial charge in [-0.2, -0.15) is 18.3 Å². The molecule has 1 atom stereocenters. The molecule has 38 heavy (non-hydrogen) atoms. The summed E-state index contributed by atoms with van der Waals surface area (Å²) in [6.07, 6.45) is -4.46. The van der Waals surface area contributed by atoms with Crippen LogP contribution in [0.4, 0.5) is 27.8 Å². The SMILES string of the molecule is CCN(CC(O)(CN(Cl)C(=O)c1cnn(-c2ccc(Cl)cc2)c1N)C(F)(F)F)C(=O)c1c(F)cccc1F. The first-order valence-corrected chi connectivity index (χ1v) is 11.5. The Morgan fingerprint density at radius 1 is 1.05 bits per heavy atom. The summed E-state index contributed by atoms with van der Waals surface area (Å²) in [5.74, 6) is -5.54. The van der Waals surface area contributed by atoms with Gasteiger partial charge in [-0.25, -0.2) is 17.9 Å². The fraction of sp³-hybridized carbons (Fsp3) is 0.261. The minimum absolute atomic E-state index is 0.0368. The molecule has 1 unspecified atom stereocenters. The molecule has 0 spiro atoms. The number of likely N-dealkylation sites (N-methyl/N-ethyl adjacent to an activating group) is 1. The number of halogens is 7. The van der Waals surface area contributed by atoms with E-state index in [4.69, 9.17) is 29.1 Å². The van der Waals surface area contributed by atoms with E-state index >= 15 is 0 Å². The zero-order valence-corrected chi connectivity index (χ0v) is 21.0. The number of alkyl halides is 3. The number of carbonyl (C=O) groups is 2. The Hall–Kier alpha value is -3.42. The summed E-state index contributed by atoms with van der Waals surface area (Å²) in [6, 6.07) is 8.57. The van der Waals surface area contributed by atoms with Crippen molar-refractivity contribution < 1.29 is 36.6 Å². The summed E-state index contributed by atoms with van der Waals surface area (Å²) < 4.78 is 71.3. The first kappa shape index (κ1) is 29.1. The van der Waals surface area contributed by atoms with Crippen LogP contribution in [0.15, 0.2) is 48.7 Å². The summed E-state index contributed by atoms with van der Waals surface area (Å²) in [4.78, 5) is 25.9. The smallest absolute Gasteiger partial charge is 0.383 e. The van der Waals surface area contributed by atoms with E-state index < -0.39 is 60.4 Å². The summed E-state index contributed by atoms with van der Waals surface area (Å²) in [5, 5.41) is 14.9. The van der Waals surface area contributed by atoms with Gasteiger partial charge in [0, 0.05) is 23.3 Å². The number of carbonyl (C=O) groups excluding carboxylic acids is 2. The number of nitrogen functional groups attached to an aromatic ring is 1. The molecule has 0 aliphatic heterocycles. The van der Waals surface area contributed by atoms with Crippen molar-refractivity contribution in [2.45, 2.75) is 18.7 Å². The van der Waals surface area contributed by atoms with Gasteiger partial charge in [0.1, 0.15) is 28.6 Å². The highest BCUT2D eigenvalue weighted by atomic mass is 35.5. The second-order valence-electron chi connectivity index (χ2n) is 8.10. The van der Waals surface area contributed by atoms with Crippen molar-refractivity contribution in [2.75, 3.05) is 25.4 Å². The zero-order chi connectivity index (χ0) is 28.4. The summed E-state index contributed by atoms with van der Waals surface area (Å²) in [5.41, 5.74) is 1.07. The molecule has 2 amide bonds. The number of nitrogens with two attached hydrogens (primary N) is 1. The number of amides is 2. The Labute approximate surface area is 223 Å². The molecule has 1 aromatic heterocycles. The Kier molecular flexibility index (Phi) is 8.54. The predicted molar refractivity (Wildman–Crippen MR) is 129 cm³/mol. The Morgan fingerprint density at radius 3 is 2.16 bits per heavy atom. The molecule has 0 fully saturated rings. The predicted octanol–water partition coefficient (Wildman–Crippen LogP) is 4.44. The van der Waals surface area contributed by atoms with Crippen LogP contribution in [-0.4, -0.2) is 67.4 Å². The van der Waals surface area contributed by atoms with Gasteiger partial charge in [-0.15, -0.1) is 0 Å². The summed E-state index contributed by atoms with van der Waals surface area (Å²) >= 11 is 11.7. The minimum Gasteiger partial charge on any atom is -0.383 e. The van der Waals surface area contributed by atoms with Gasteiger partial charge < -0.3 is 15.7 Å². The van der Waals surface area contributed by atoms with Crippen LogP contribution in [0.1, 0.15) is 27.6 Å². The zero-order valence-electron chi connectivity index (χ0n) is 19.5. The van der Waals surface area contributed by atoms with Gasteiger partial charge in [0.15, 0.2) is 5.60 Å². The van der Waals surface area contributed by atoms with Crippen LogP contribution in [0.25, 0.3) is 5.69 Å². The summed E-state index contributed by atoms with van der Waals surface area (Å²) in [7, 11) is 0. The highest BCUT2D eigenvalue weighted by Gasteiger charge is 2.56. The van der Waals surface area contributed by atoms with Crippen LogP contribution < -0.4 is 5.73 Å². The third-order valence-corrected chi connectivity index (χ3v) is 6.08. The lowest BCUT2D eigenvalue weighted by Gasteiger charge is -2.36. The molecule has 2 aromatic carbocycles. The third-order valence-electron chi connectivity index (χ3n) is 5.55. The lowest BCUT2D eigenvalue weighted by Crippen LogP contribution is -2.60. The maximum atomic E-state index is 14.1. The maximum Gasteiger partial charge on any atom is 0.420 e. The molecule has 0 aliphatic carbocycles. The number of benzene rings is 2. The molecule has 204 valence electrons. The molecule has 0 saturated carbocycles. The molecular formula is C23H20Cl2F5N5O3. The average molecular weight is 580 g/mol. The van der Waals surface area contributed by atoms with Crippen molar-refractivity contribution in [2.24, 2.45) is 0 Å². The van der Waals surface area contributed by atoms with E-state index in [1.54, 1.807) is 0 Å². The molecule has 3 N–H and O–H groups in total. The van der Waals surface area contributed by atoms with Crippen LogP contribution in [0.3, 0.4) is 0 Å². The van der Waals surface area contributed by atoms with E-state index in [1.165, 1.54) is 31.2 Å². The molecule has 0 radical (unpaired) electrons. The van der Waals surface area contributed by atoms with Crippen molar-refractivity contribution >= 4 is 41.0 Å². The van der Waals surface area contributed by atoms with Gasteiger partial charge in [-0.05, 0) is 43.3 Å². The second-order valence-corrected chi connectivity index (χ2v) is 8.95. The van der Waals surface area contributed by atoms with E-state index in [9.17, 15) is 36.6 Å². The fourth-order valence-corrected chi connectivity index (χ4v) is 3.89. The normalized spacial score (nSPS) is 13.2. The molecule has 3 rings (SSSR count). The van der Waals surface area contributed by atoms with Crippen molar-refractivity contribution in [1.82, 2.24) is 19.1 Å². The molecule has 8 nitrogen and oxygen atoms in total. The van der Waals surface area contributed by atoms with Gasteiger partial charge in [-0.1, -0.05) is 17.7 Å². The van der Waals surface area contributed by atoms with Crippen LogP contribution in [0.2, 0.25) is 5.02 Å². The van der Waals surface area contributed by atoms with Crippen LogP contribution in [0, 0.1) is 11.6 Å². The third kappa shape index (κ3) is 5.84. The van der Waals surface area contributed by atoms with Crippen molar-refractivity contribution in [1.29, 1.82) is 0 Å². The van der Waals surface area contributed by atoms with Crippen molar-refractivity contribution in [3.05, 3.63) is 76.4 Å². The first-order chi connectivity index (χ1) is 17.7. The Balaban J connectivity index is 1.87. The number of hydrogen-bond acceptors (Lipinski definition) is 5. The van der Waals surface area contributed by atoms with Crippen LogP contribution >= 0.6 is 23.4 Å². The van der Waals surface area contributed by atoms with Crippen LogP contribution in [0.5, 0.6) is 0 Å². The number of rotatable bonds is 8.